The van der Waals surface area contributed by atoms with Gasteiger partial charge in [0.1, 0.15) is 0 Å². The number of para-hydroxylation sites is 1. The van der Waals surface area contributed by atoms with Crippen LogP contribution in [0.1, 0.15) is 12.0 Å². The highest BCUT2D eigenvalue weighted by molar-refractivity contribution is 7.91. The molecule has 24 heavy (non-hydrogen) atoms. The lowest BCUT2D eigenvalue weighted by Gasteiger charge is -2.18. The number of likely N-dealkylation sites (N-methyl/N-ethyl adjacent to an activating group) is 1. The molecule has 3 rings (SSSR count). The van der Waals surface area contributed by atoms with Crippen molar-refractivity contribution in [2.24, 2.45) is 13.0 Å². The van der Waals surface area contributed by atoms with E-state index in [9.17, 15) is 13.2 Å². The van der Waals surface area contributed by atoms with Crippen LogP contribution in [0.15, 0.2) is 36.5 Å². The van der Waals surface area contributed by atoms with Crippen molar-refractivity contribution >= 4 is 32.7 Å². The van der Waals surface area contributed by atoms with Crippen molar-refractivity contribution < 1.29 is 13.2 Å². The number of hydrogen-bond donors (Lipinski definition) is 0. The van der Waals surface area contributed by atoms with Gasteiger partial charge in [0, 0.05) is 49.4 Å². The molecule has 128 valence electrons. The summed E-state index contributed by atoms with van der Waals surface area (Å²) in [5.41, 5.74) is 2.12. The van der Waals surface area contributed by atoms with Crippen molar-refractivity contribution in [2.75, 3.05) is 25.1 Å². The molecule has 1 aromatic heterocycles. The molecule has 0 radical (unpaired) electrons. The van der Waals surface area contributed by atoms with E-state index >= 15 is 0 Å². The van der Waals surface area contributed by atoms with Crippen molar-refractivity contribution in [3.05, 3.63) is 42.1 Å². The van der Waals surface area contributed by atoms with Gasteiger partial charge >= 0.3 is 0 Å². The van der Waals surface area contributed by atoms with E-state index < -0.39 is 9.84 Å². The highest BCUT2D eigenvalue weighted by Crippen LogP contribution is 2.22. The van der Waals surface area contributed by atoms with Gasteiger partial charge in [-0.1, -0.05) is 18.2 Å². The summed E-state index contributed by atoms with van der Waals surface area (Å²) in [6.45, 7) is 0.484. The van der Waals surface area contributed by atoms with Crippen LogP contribution < -0.4 is 0 Å². The number of rotatable bonds is 4. The van der Waals surface area contributed by atoms with E-state index in [1.807, 2.05) is 48.2 Å². The number of sulfone groups is 1. The minimum Gasteiger partial charge on any atom is -0.350 e. The molecule has 1 aliphatic heterocycles. The Balaban J connectivity index is 1.68. The molecular formula is C18H22N2O3S. The number of carbonyl (C=O) groups is 1. The fraction of sp³-hybridized carbons (Fsp3) is 0.389. The third-order valence-electron chi connectivity index (χ3n) is 4.57. The van der Waals surface area contributed by atoms with Gasteiger partial charge < -0.3 is 9.47 Å². The normalized spacial score (nSPS) is 20.0. The highest BCUT2D eigenvalue weighted by Gasteiger charge is 2.29. The smallest absolute Gasteiger partial charge is 0.246 e. The molecule has 1 fully saturated rings. The van der Waals surface area contributed by atoms with E-state index in [1.165, 1.54) is 0 Å². The Bertz CT molecular complexity index is 896. The third-order valence-corrected chi connectivity index (χ3v) is 6.41. The fourth-order valence-corrected chi connectivity index (χ4v) is 5.14. The second-order valence-corrected chi connectivity index (χ2v) is 8.76. The van der Waals surface area contributed by atoms with Gasteiger partial charge in [-0.2, -0.15) is 0 Å². The quantitative estimate of drug-likeness (QED) is 0.797. The van der Waals surface area contributed by atoms with Gasteiger partial charge in [0.25, 0.3) is 0 Å². The lowest BCUT2D eigenvalue weighted by Crippen LogP contribution is -2.31. The molecule has 0 saturated carbocycles. The molecule has 1 saturated heterocycles. The number of aryl methyl sites for hydroxylation is 1. The second kappa shape index (κ2) is 6.43. The Kier molecular flexibility index (Phi) is 4.49. The van der Waals surface area contributed by atoms with Gasteiger partial charge in [-0.15, -0.1) is 0 Å². The van der Waals surface area contributed by atoms with E-state index in [4.69, 9.17) is 0 Å². The number of benzene rings is 1. The molecule has 1 amide bonds. The number of aromatic nitrogens is 1. The van der Waals surface area contributed by atoms with Gasteiger partial charge in [0.15, 0.2) is 9.84 Å². The van der Waals surface area contributed by atoms with E-state index in [-0.39, 0.29) is 23.3 Å². The maximum Gasteiger partial charge on any atom is 0.246 e. The standard InChI is InChI=1S/C18H22N2O3S/c1-19-12-15(16-5-3-4-6-17(16)19)7-8-18(21)20(2)11-14-9-10-24(22,23)13-14/h3-8,12,14H,9-11,13H2,1-2H3/b8-7+/t14-/m0/s1. The molecule has 0 unspecified atom stereocenters. The minimum atomic E-state index is -2.90. The zero-order chi connectivity index (χ0) is 17.3. The molecule has 6 heteroatoms. The summed E-state index contributed by atoms with van der Waals surface area (Å²) in [6, 6.07) is 8.05. The Morgan fingerprint density at radius 2 is 2.12 bits per heavy atom. The maximum atomic E-state index is 12.3. The first-order valence-corrected chi connectivity index (χ1v) is 9.85. The summed E-state index contributed by atoms with van der Waals surface area (Å²) in [4.78, 5) is 13.9. The average Bonchev–Trinajstić information content (AvgIpc) is 3.05. The van der Waals surface area contributed by atoms with Crippen LogP contribution in [-0.4, -0.2) is 48.9 Å². The molecule has 0 spiro atoms. The van der Waals surface area contributed by atoms with Gasteiger partial charge in [-0.25, -0.2) is 8.42 Å². The van der Waals surface area contributed by atoms with Gasteiger partial charge in [-0.05, 0) is 24.5 Å². The monoisotopic (exact) mass is 346 g/mol. The van der Waals surface area contributed by atoms with Crippen molar-refractivity contribution in [3.8, 4) is 0 Å². The van der Waals surface area contributed by atoms with E-state index in [0.29, 0.717) is 13.0 Å². The van der Waals surface area contributed by atoms with Crippen LogP contribution in [0.5, 0.6) is 0 Å². The Morgan fingerprint density at radius 3 is 2.83 bits per heavy atom. The first-order chi connectivity index (χ1) is 11.4. The molecule has 2 aromatic rings. The largest absolute Gasteiger partial charge is 0.350 e. The summed E-state index contributed by atoms with van der Waals surface area (Å²) in [6.07, 6.45) is 6.03. The molecule has 1 aliphatic rings. The number of amides is 1. The van der Waals surface area contributed by atoms with E-state index in [2.05, 4.69) is 0 Å². The van der Waals surface area contributed by atoms with Crippen LogP contribution in [0.2, 0.25) is 0 Å². The number of nitrogens with zero attached hydrogens (tertiary/aromatic N) is 2. The zero-order valence-corrected chi connectivity index (χ0v) is 14.8. The summed E-state index contributed by atoms with van der Waals surface area (Å²) in [5.74, 6) is 0.380. The Hall–Kier alpha value is -2.08. The van der Waals surface area contributed by atoms with Crippen molar-refractivity contribution in [2.45, 2.75) is 6.42 Å². The molecule has 1 atom stereocenters. The predicted octanol–water partition coefficient (Wildman–Crippen LogP) is 2.08. The first kappa shape index (κ1) is 16.8. The van der Waals surface area contributed by atoms with Crippen LogP contribution in [0.25, 0.3) is 17.0 Å². The van der Waals surface area contributed by atoms with Gasteiger partial charge in [0.05, 0.1) is 11.5 Å². The number of hydrogen-bond acceptors (Lipinski definition) is 3. The van der Waals surface area contributed by atoms with Crippen LogP contribution in [0.4, 0.5) is 0 Å². The maximum absolute atomic E-state index is 12.3. The van der Waals surface area contributed by atoms with Crippen molar-refractivity contribution in [3.63, 3.8) is 0 Å². The van der Waals surface area contributed by atoms with Crippen LogP contribution in [0.3, 0.4) is 0 Å². The summed E-state index contributed by atoms with van der Waals surface area (Å²) >= 11 is 0. The topological polar surface area (TPSA) is 59.4 Å². The molecular weight excluding hydrogens is 324 g/mol. The van der Waals surface area contributed by atoms with Crippen LogP contribution in [-0.2, 0) is 21.7 Å². The van der Waals surface area contributed by atoms with Crippen LogP contribution in [0, 0.1) is 5.92 Å². The third kappa shape index (κ3) is 3.53. The first-order valence-electron chi connectivity index (χ1n) is 8.03. The van der Waals surface area contributed by atoms with E-state index in [1.54, 1.807) is 18.0 Å². The second-order valence-electron chi connectivity index (χ2n) is 6.53. The Labute approximate surface area is 142 Å². The lowest BCUT2D eigenvalue weighted by molar-refractivity contribution is -0.125. The number of carbonyl (C=O) groups excluding carboxylic acids is 1. The molecule has 2 heterocycles. The molecule has 0 bridgehead atoms. The molecule has 0 N–H and O–H groups in total. The van der Waals surface area contributed by atoms with Crippen molar-refractivity contribution in [1.82, 2.24) is 9.47 Å². The lowest BCUT2D eigenvalue weighted by atomic mass is 10.1. The SMILES string of the molecule is CN(C[C@@H]1CCS(=O)(=O)C1)C(=O)/C=C/c1cn(C)c2ccccc12. The van der Waals surface area contributed by atoms with Gasteiger partial charge in [0.2, 0.25) is 5.91 Å². The van der Waals surface area contributed by atoms with Crippen molar-refractivity contribution in [1.29, 1.82) is 0 Å². The summed E-state index contributed by atoms with van der Waals surface area (Å²) in [7, 11) is 0.801. The fourth-order valence-electron chi connectivity index (χ4n) is 3.29. The van der Waals surface area contributed by atoms with E-state index in [0.717, 1.165) is 16.5 Å². The molecule has 5 nitrogen and oxygen atoms in total. The minimum absolute atomic E-state index is 0.0508. The molecule has 1 aromatic carbocycles. The average molecular weight is 346 g/mol. The molecule has 0 aliphatic carbocycles. The van der Waals surface area contributed by atoms with Gasteiger partial charge in [-0.3, -0.25) is 4.79 Å². The summed E-state index contributed by atoms with van der Waals surface area (Å²) in [5, 5.41) is 1.11. The predicted molar refractivity (Wildman–Crippen MR) is 96.4 cm³/mol. The summed E-state index contributed by atoms with van der Waals surface area (Å²) < 4.78 is 25.1. The zero-order valence-electron chi connectivity index (χ0n) is 14.0. The Morgan fingerprint density at radius 1 is 1.38 bits per heavy atom. The highest BCUT2D eigenvalue weighted by atomic mass is 32.2. The number of fused-ring (bicyclic) bond motifs is 1. The van der Waals surface area contributed by atoms with Crippen LogP contribution >= 0.6 is 0 Å².